The van der Waals surface area contributed by atoms with Crippen LogP contribution in [0.4, 0.5) is 17.6 Å². The first kappa shape index (κ1) is 28.4. The largest absolute Gasteiger partial charge is 0.393 e. The van der Waals surface area contributed by atoms with E-state index in [1.165, 1.54) is 6.08 Å². The number of rotatable bonds is 4. The van der Waals surface area contributed by atoms with Gasteiger partial charge in [-0.25, -0.2) is 4.39 Å². The summed E-state index contributed by atoms with van der Waals surface area (Å²) < 4.78 is 63.3. The van der Waals surface area contributed by atoms with Gasteiger partial charge in [-0.15, -0.1) is 0 Å². The number of alkyl halides is 5. The van der Waals surface area contributed by atoms with Gasteiger partial charge in [-0.1, -0.05) is 15.9 Å². The third-order valence-corrected chi connectivity index (χ3v) is 10.5. The summed E-state index contributed by atoms with van der Waals surface area (Å²) >= 11 is 3.40. The average molecular weight is 635 g/mol. The van der Waals surface area contributed by atoms with Crippen LogP contribution in [0.1, 0.15) is 44.9 Å². The highest BCUT2D eigenvalue weighted by Gasteiger charge is 2.56. The van der Waals surface area contributed by atoms with Crippen molar-refractivity contribution in [3.8, 4) is 0 Å². The zero-order chi connectivity index (χ0) is 28.3. The van der Waals surface area contributed by atoms with Crippen LogP contribution in [0, 0.1) is 17.8 Å². The Bertz CT molecular complexity index is 1060. The number of amides is 3. The molecule has 0 aromatic heterocycles. The fourth-order valence-electron chi connectivity index (χ4n) is 7.88. The second kappa shape index (κ2) is 10.8. The predicted octanol–water partition coefficient (Wildman–Crippen LogP) is 2.46. The molecular weight excluding hydrogens is 600 g/mol. The van der Waals surface area contributed by atoms with Crippen molar-refractivity contribution < 1.29 is 36.7 Å². The molecule has 6 fully saturated rings. The molecular formula is C27H35BrF4N4O4. The van der Waals surface area contributed by atoms with Gasteiger partial charge >= 0.3 is 6.18 Å². The third kappa shape index (κ3) is 5.42. The minimum Gasteiger partial charge on any atom is -0.371 e. The molecule has 222 valence electrons. The SMILES string of the molecule is O=C1C=C(C(=O)N[C@@H]2CCN(C3C(C(=O)N4CC5CC(C4)O5)CC(Br)CC3C(F)(F)F)C2)C2CCCC(F)C2N1. The number of halogens is 5. The van der Waals surface area contributed by atoms with E-state index < -0.39 is 64.9 Å². The lowest BCUT2D eigenvalue weighted by atomic mass is 9.74. The Kier molecular flexibility index (Phi) is 7.69. The van der Waals surface area contributed by atoms with Crippen molar-refractivity contribution in [3.05, 3.63) is 11.6 Å². The predicted molar refractivity (Wildman–Crippen MR) is 139 cm³/mol. The Labute approximate surface area is 238 Å². The number of hydrogen-bond donors (Lipinski definition) is 2. The van der Waals surface area contributed by atoms with E-state index in [9.17, 15) is 31.9 Å². The molecule has 7 aliphatic rings. The Balaban J connectivity index is 1.17. The second-order valence-electron chi connectivity index (χ2n) is 12.3. The summed E-state index contributed by atoms with van der Waals surface area (Å²) in [5.41, 5.74) is 0.237. The van der Waals surface area contributed by atoms with Crippen LogP contribution in [0.2, 0.25) is 0 Å². The van der Waals surface area contributed by atoms with Gasteiger partial charge in [-0.05, 0) is 38.5 Å². The lowest BCUT2D eigenvalue weighted by Gasteiger charge is -2.50. The first-order chi connectivity index (χ1) is 19.0. The summed E-state index contributed by atoms with van der Waals surface area (Å²) in [5, 5.41) is 5.55. The Morgan fingerprint density at radius 2 is 1.80 bits per heavy atom. The van der Waals surface area contributed by atoms with Gasteiger partial charge in [0.05, 0.1) is 30.1 Å². The monoisotopic (exact) mass is 634 g/mol. The molecule has 10 atom stereocenters. The first-order valence-electron chi connectivity index (χ1n) is 14.3. The fraction of sp³-hybridized carbons (Fsp3) is 0.815. The Hall–Kier alpha value is -1.73. The van der Waals surface area contributed by atoms with E-state index >= 15 is 0 Å². The third-order valence-electron chi connectivity index (χ3n) is 9.70. The summed E-state index contributed by atoms with van der Waals surface area (Å²) in [4.78, 5) is 42.1. The lowest BCUT2D eigenvalue weighted by Crippen LogP contribution is -2.63. The molecule has 0 radical (unpaired) electrons. The van der Waals surface area contributed by atoms with Crippen LogP contribution in [0.25, 0.3) is 0 Å². The summed E-state index contributed by atoms with van der Waals surface area (Å²) in [5.74, 6) is -4.17. The molecule has 2 bridgehead atoms. The smallest absolute Gasteiger partial charge is 0.371 e. The highest BCUT2D eigenvalue weighted by atomic mass is 79.9. The number of carbonyl (C=O) groups is 3. The molecule has 40 heavy (non-hydrogen) atoms. The number of nitrogens with one attached hydrogen (secondary N) is 2. The molecule has 2 saturated carbocycles. The van der Waals surface area contributed by atoms with Crippen molar-refractivity contribution in [2.75, 3.05) is 26.2 Å². The highest BCUT2D eigenvalue weighted by Crippen LogP contribution is 2.46. The van der Waals surface area contributed by atoms with Crippen LogP contribution in [-0.4, -0.2) is 101 Å². The van der Waals surface area contributed by atoms with E-state index in [1.54, 1.807) is 9.80 Å². The molecule has 8 nitrogen and oxygen atoms in total. The highest BCUT2D eigenvalue weighted by molar-refractivity contribution is 9.09. The molecule has 4 saturated heterocycles. The standard InChI is InChI=1S/C27H35BrF4N4O4/c28-13-6-19(26(39)36-11-15-8-16(12-36)40-15)24(20(7-13)27(30,31)32)35-5-4-14(10-35)33-25(38)18-9-22(37)34-23-17(18)2-1-3-21(23)29/h9,13-17,19-21,23-24H,1-8,10-12H2,(H,33,38)(H,34,37)/t13?,14-,15?,16?,17?,19?,20?,21?,23?,24?/m1/s1. The topological polar surface area (TPSA) is 91.0 Å². The fourth-order valence-corrected chi connectivity index (χ4v) is 8.68. The van der Waals surface area contributed by atoms with E-state index in [4.69, 9.17) is 4.74 Å². The maximum absolute atomic E-state index is 14.5. The van der Waals surface area contributed by atoms with Crippen LogP contribution in [0.15, 0.2) is 11.6 Å². The quantitative estimate of drug-likeness (QED) is 0.366. The molecule has 0 spiro atoms. The van der Waals surface area contributed by atoms with Crippen molar-refractivity contribution in [3.63, 3.8) is 0 Å². The number of hydrogen-bond acceptors (Lipinski definition) is 5. The van der Waals surface area contributed by atoms with Gasteiger partial charge in [-0.3, -0.25) is 19.3 Å². The maximum atomic E-state index is 14.5. The molecule has 7 rings (SSSR count). The summed E-state index contributed by atoms with van der Waals surface area (Å²) in [7, 11) is 0. The number of likely N-dealkylation sites (tertiary alicyclic amines) is 1. The molecule has 5 aliphatic heterocycles. The molecule has 9 unspecified atom stereocenters. The maximum Gasteiger partial charge on any atom is 0.393 e. The molecule has 13 heteroatoms. The molecule has 0 aromatic rings. The van der Waals surface area contributed by atoms with Crippen LogP contribution in [-0.2, 0) is 19.1 Å². The molecule has 3 amide bonds. The first-order valence-corrected chi connectivity index (χ1v) is 15.3. The van der Waals surface area contributed by atoms with Crippen molar-refractivity contribution in [1.82, 2.24) is 20.4 Å². The lowest BCUT2D eigenvalue weighted by molar-refractivity contribution is -0.211. The summed E-state index contributed by atoms with van der Waals surface area (Å²) in [6, 6.07) is -2.21. The number of ether oxygens (including phenoxy) is 1. The summed E-state index contributed by atoms with van der Waals surface area (Å²) in [6.07, 6.45) is -1.55. The normalized spacial score (nSPS) is 41.9. The van der Waals surface area contributed by atoms with Gasteiger partial charge < -0.3 is 20.3 Å². The molecule has 0 aromatic carbocycles. The number of morpholine rings is 1. The van der Waals surface area contributed by atoms with Gasteiger partial charge in [0, 0.05) is 67.1 Å². The summed E-state index contributed by atoms with van der Waals surface area (Å²) in [6.45, 7) is 1.30. The number of piperidine rings is 1. The van der Waals surface area contributed by atoms with E-state index in [-0.39, 0.29) is 36.7 Å². The minimum atomic E-state index is -4.48. The zero-order valence-electron chi connectivity index (χ0n) is 22.0. The van der Waals surface area contributed by atoms with Crippen molar-refractivity contribution in [1.29, 1.82) is 0 Å². The van der Waals surface area contributed by atoms with E-state index in [2.05, 4.69) is 26.6 Å². The average Bonchev–Trinajstić information content (AvgIpc) is 3.35. The Morgan fingerprint density at radius 3 is 2.50 bits per heavy atom. The van der Waals surface area contributed by atoms with Crippen LogP contribution >= 0.6 is 15.9 Å². The number of fused-ring (bicyclic) bond motifs is 3. The van der Waals surface area contributed by atoms with Gasteiger partial charge in [0.2, 0.25) is 17.7 Å². The van der Waals surface area contributed by atoms with Crippen molar-refractivity contribution >= 4 is 33.7 Å². The Morgan fingerprint density at radius 1 is 1.07 bits per heavy atom. The van der Waals surface area contributed by atoms with E-state index in [0.29, 0.717) is 51.7 Å². The molecule has 2 aliphatic carbocycles. The van der Waals surface area contributed by atoms with Crippen LogP contribution in [0.3, 0.4) is 0 Å². The second-order valence-corrected chi connectivity index (χ2v) is 13.6. The molecule has 5 heterocycles. The van der Waals surface area contributed by atoms with Crippen molar-refractivity contribution in [2.24, 2.45) is 17.8 Å². The van der Waals surface area contributed by atoms with Gasteiger partial charge in [-0.2, -0.15) is 13.2 Å². The number of carbonyl (C=O) groups excluding carboxylic acids is 3. The molecule has 2 N–H and O–H groups in total. The van der Waals surface area contributed by atoms with E-state index in [0.717, 1.165) is 6.42 Å². The minimum absolute atomic E-state index is 0.0399. The zero-order valence-corrected chi connectivity index (χ0v) is 23.6. The number of nitrogens with zero attached hydrogens (tertiary/aromatic N) is 2. The van der Waals surface area contributed by atoms with Crippen molar-refractivity contribution in [2.45, 2.75) is 92.5 Å². The van der Waals surface area contributed by atoms with Gasteiger partial charge in [0.25, 0.3) is 0 Å². The van der Waals surface area contributed by atoms with Gasteiger partial charge in [0.1, 0.15) is 6.17 Å². The van der Waals surface area contributed by atoms with E-state index in [1.807, 2.05) is 0 Å². The van der Waals surface area contributed by atoms with Crippen LogP contribution in [0.5, 0.6) is 0 Å². The van der Waals surface area contributed by atoms with Gasteiger partial charge in [0.15, 0.2) is 0 Å². The van der Waals surface area contributed by atoms with Crippen LogP contribution < -0.4 is 10.6 Å².